The molecular formula is C9H4N8O10. The molecule has 0 aliphatic carbocycles. The first-order valence-corrected chi connectivity index (χ1v) is 6.25. The molecule has 18 nitrogen and oxygen atoms in total. The molecule has 0 bridgehead atoms. The van der Waals surface area contributed by atoms with E-state index in [0.717, 1.165) is 0 Å². The van der Waals surface area contributed by atoms with Crippen LogP contribution in [0.5, 0.6) is 0 Å². The van der Waals surface area contributed by atoms with Crippen molar-refractivity contribution >= 4 is 34.4 Å². The number of hydrogen-bond donors (Lipinski definition) is 1. The van der Waals surface area contributed by atoms with E-state index >= 15 is 0 Å². The predicted octanol–water partition coefficient (Wildman–Crippen LogP) is 0.995. The normalized spacial score (nSPS) is 10.4. The summed E-state index contributed by atoms with van der Waals surface area (Å²) in [6, 6.07) is 0.243. The van der Waals surface area contributed by atoms with Crippen molar-refractivity contribution in [3.8, 4) is 5.69 Å². The molecule has 1 aromatic carbocycles. The maximum atomic E-state index is 11.3. The van der Waals surface area contributed by atoms with Crippen LogP contribution >= 0.6 is 0 Å². The van der Waals surface area contributed by atoms with Gasteiger partial charge < -0.3 is 26.0 Å². The summed E-state index contributed by atoms with van der Waals surface area (Å²) in [6.45, 7) is 0. The summed E-state index contributed by atoms with van der Waals surface area (Å²) < 4.78 is 0.0918. The van der Waals surface area contributed by atoms with Crippen molar-refractivity contribution in [2.24, 2.45) is 0 Å². The number of aromatic nitrogens is 2. The number of nitro benzene ring substituents is 3. The molecule has 2 rings (SSSR count). The summed E-state index contributed by atoms with van der Waals surface area (Å²) >= 11 is 0. The first-order chi connectivity index (χ1) is 12.5. The van der Waals surface area contributed by atoms with Crippen LogP contribution in [0.1, 0.15) is 0 Å². The monoisotopic (exact) mass is 384 g/mol. The van der Waals surface area contributed by atoms with Gasteiger partial charge in [-0.15, -0.1) is 4.57 Å². The molecule has 0 spiro atoms. The van der Waals surface area contributed by atoms with E-state index in [9.17, 15) is 50.6 Å². The van der Waals surface area contributed by atoms with Crippen LogP contribution in [-0.4, -0.2) is 34.2 Å². The molecule has 0 saturated heterocycles. The van der Waals surface area contributed by atoms with Gasteiger partial charge in [0.05, 0.1) is 14.8 Å². The van der Waals surface area contributed by atoms with Gasteiger partial charge in [-0.1, -0.05) is 0 Å². The highest BCUT2D eigenvalue weighted by Gasteiger charge is 2.45. The van der Waals surface area contributed by atoms with Crippen LogP contribution in [0, 0.1) is 50.6 Å². The number of nitrogens with zero attached hydrogens (tertiary/aromatic N) is 7. The lowest BCUT2D eigenvalue weighted by molar-refractivity contribution is -0.428. The van der Waals surface area contributed by atoms with E-state index < -0.39 is 64.7 Å². The molecule has 1 aromatic heterocycles. The van der Waals surface area contributed by atoms with Crippen LogP contribution in [0.15, 0.2) is 12.4 Å². The lowest BCUT2D eigenvalue weighted by Gasteiger charge is -2.05. The molecule has 27 heavy (non-hydrogen) atoms. The standard InChI is InChI=1S/C9H4N8O10/c10-5-3(13(18)19)1-4(14(20)21)6(7(5)15(22)23)12-2-11-8(16(24)25)9(12)17(26)27/h1-2H,10H2. The minimum atomic E-state index is -1.44. The smallest absolute Gasteiger partial charge is 0.387 e. The second kappa shape index (κ2) is 6.27. The Balaban J connectivity index is 3.10. The third-order valence-electron chi connectivity index (χ3n) is 3.16. The average Bonchev–Trinajstić information content (AvgIpc) is 2.98. The maximum absolute atomic E-state index is 11.3. The minimum absolute atomic E-state index is 0.0918. The van der Waals surface area contributed by atoms with E-state index in [2.05, 4.69) is 4.98 Å². The largest absolute Gasteiger partial charge is 0.462 e. The summed E-state index contributed by atoms with van der Waals surface area (Å²) in [5.74, 6) is -2.81. The average molecular weight is 384 g/mol. The Kier molecular flexibility index (Phi) is 4.31. The first kappa shape index (κ1) is 18.6. The molecule has 0 aliphatic rings. The number of imidazole rings is 1. The fourth-order valence-electron chi connectivity index (χ4n) is 2.15. The number of nitrogens with two attached hydrogens (primary N) is 1. The third-order valence-corrected chi connectivity index (χ3v) is 3.16. The Morgan fingerprint density at radius 2 is 1.37 bits per heavy atom. The highest BCUT2D eigenvalue weighted by molar-refractivity contribution is 5.85. The van der Waals surface area contributed by atoms with E-state index in [4.69, 9.17) is 5.73 Å². The van der Waals surface area contributed by atoms with Crippen LogP contribution in [-0.2, 0) is 0 Å². The SMILES string of the molecule is Nc1c([N+](=O)[O-])cc([N+](=O)[O-])c(-n2cnc([N+](=O)[O-])c2[N+](=O)[O-])c1[N+](=O)[O-]. The molecule has 140 valence electrons. The van der Waals surface area contributed by atoms with Gasteiger partial charge >= 0.3 is 35.0 Å². The van der Waals surface area contributed by atoms with Crippen LogP contribution in [0.3, 0.4) is 0 Å². The van der Waals surface area contributed by atoms with Gasteiger partial charge in [0, 0.05) is 4.98 Å². The second-order valence-electron chi connectivity index (χ2n) is 4.57. The van der Waals surface area contributed by atoms with Gasteiger partial charge in [-0.2, -0.15) is 0 Å². The van der Waals surface area contributed by atoms with Crippen molar-refractivity contribution < 1.29 is 24.6 Å². The highest BCUT2D eigenvalue weighted by atomic mass is 16.7. The van der Waals surface area contributed by atoms with Crippen molar-refractivity contribution in [1.29, 1.82) is 0 Å². The van der Waals surface area contributed by atoms with Crippen molar-refractivity contribution in [2.75, 3.05) is 5.73 Å². The van der Waals surface area contributed by atoms with E-state index in [0.29, 0.717) is 6.33 Å². The van der Waals surface area contributed by atoms with E-state index in [1.807, 2.05) is 0 Å². The molecule has 2 N–H and O–H groups in total. The van der Waals surface area contributed by atoms with Gasteiger partial charge in [0.15, 0.2) is 5.69 Å². The number of nitrogen functional groups attached to an aromatic ring is 1. The maximum Gasteiger partial charge on any atom is 0.462 e. The van der Waals surface area contributed by atoms with Crippen molar-refractivity contribution in [2.45, 2.75) is 0 Å². The molecular weight excluding hydrogens is 380 g/mol. The Bertz CT molecular complexity index is 1040. The molecule has 0 saturated carbocycles. The van der Waals surface area contributed by atoms with Crippen molar-refractivity contribution in [3.05, 3.63) is 63.0 Å². The lowest BCUT2D eigenvalue weighted by Crippen LogP contribution is -2.11. The van der Waals surface area contributed by atoms with Gasteiger partial charge in [0.1, 0.15) is 6.07 Å². The van der Waals surface area contributed by atoms with Gasteiger partial charge in [-0.05, 0) is 9.85 Å². The quantitative estimate of drug-likeness (QED) is 0.415. The zero-order valence-corrected chi connectivity index (χ0v) is 12.4. The summed E-state index contributed by atoms with van der Waals surface area (Å²) in [6.07, 6.45) is 0.358. The highest BCUT2D eigenvalue weighted by Crippen LogP contribution is 2.45. The number of anilines is 1. The summed E-state index contributed by atoms with van der Waals surface area (Å²) in [4.78, 5) is 52.2. The lowest BCUT2D eigenvalue weighted by atomic mass is 10.1. The van der Waals surface area contributed by atoms with Gasteiger partial charge in [0.25, 0.3) is 5.69 Å². The fourth-order valence-corrected chi connectivity index (χ4v) is 2.15. The molecule has 2 aromatic rings. The minimum Gasteiger partial charge on any atom is -0.387 e. The Hall–Kier alpha value is -4.77. The Labute approximate surface area is 144 Å². The molecule has 0 radical (unpaired) electrons. The Morgan fingerprint density at radius 1 is 0.815 bits per heavy atom. The molecule has 18 heteroatoms. The zero-order valence-electron chi connectivity index (χ0n) is 12.4. The molecule has 0 atom stereocenters. The van der Waals surface area contributed by atoms with Crippen molar-refractivity contribution in [3.63, 3.8) is 0 Å². The summed E-state index contributed by atoms with van der Waals surface area (Å²) in [5, 5.41) is 55.6. The summed E-state index contributed by atoms with van der Waals surface area (Å²) in [7, 11) is 0. The van der Waals surface area contributed by atoms with Crippen LogP contribution in [0.25, 0.3) is 5.69 Å². The van der Waals surface area contributed by atoms with Crippen LogP contribution in [0.2, 0.25) is 0 Å². The number of nitro groups is 5. The zero-order chi connectivity index (χ0) is 20.6. The van der Waals surface area contributed by atoms with Gasteiger partial charge in [-0.3, -0.25) is 30.3 Å². The number of rotatable bonds is 6. The topological polar surface area (TPSA) is 260 Å². The Morgan fingerprint density at radius 3 is 1.78 bits per heavy atom. The van der Waals surface area contributed by atoms with E-state index in [-0.39, 0.29) is 10.6 Å². The second-order valence-corrected chi connectivity index (χ2v) is 4.57. The molecule has 0 aliphatic heterocycles. The molecule has 0 unspecified atom stereocenters. The van der Waals surface area contributed by atoms with Crippen molar-refractivity contribution in [1.82, 2.24) is 9.55 Å². The van der Waals surface area contributed by atoms with Gasteiger partial charge in [-0.25, -0.2) is 0 Å². The van der Waals surface area contributed by atoms with Gasteiger partial charge in [0.2, 0.25) is 0 Å². The first-order valence-electron chi connectivity index (χ1n) is 6.25. The van der Waals surface area contributed by atoms with E-state index in [1.165, 1.54) is 0 Å². The number of hydrogen-bond acceptors (Lipinski definition) is 12. The molecule has 0 fully saturated rings. The molecule has 1 heterocycles. The van der Waals surface area contributed by atoms with Crippen LogP contribution in [0.4, 0.5) is 34.4 Å². The fraction of sp³-hybridized carbons (Fsp3) is 0. The predicted molar refractivity (Wildman–Crippen MR) is 81.2 cm³/mol. The molecule has 0 amide bonds. The third kappa shape index (κ3) is 2.88. The summed E-state index contributed by atoms with van der Waals surface area (Å²) in [5.41, 5.74) is -0.940. The number of benzene rings is 1. The van der Waals surface area contributed by atoms with Crippen LogP contribution < -0.4 is 5.73 Å². The van der Waals surface area contributed by atoms with E-state index in [1.54, 1.807) is 0 Å².